The van der Waals surface area contributed by atoms with Gasteiger partial charge in [-0.1, -0.05) is 13.0 Å². The number of hydrazone groups is 1. The van der Waals surface area contributed by atoms with Gasteiger partial charge >= 0.3 is 5.69 Å². The summed E-state index contributed by atoms with van der Waals surface area (Å²) in [6, 6.07) is 8.36. The van der Waals surface area contributed by atoms with Crippen LogP contribution >= 0.6 is 0 Å². The average Bonchev–Trinajstić information content (AvgIpc) is 2.56. The zero-order chi connectivity index (χ0) is 18.6. The Bertz CT molecular complexity index is 864. The molecule has 25 heavy (non-hydrogen) atoms. The highest BCUT2D eigenvalue weighted by atomic mass is 16.6. The number of aromatic hydroxyl groups is 1. The Morgan fingerprint density at radius 2 is 1.88 bits per heavy atom. The van der Waals surface area contributed by atoms with E-state index in [9.17, 15) is 25.3 Å². The average molecular weight is 344 g/mol. The molecule has 2 aromatic rings. The van der Waals surface area contributed by atoms with Gasteiger partial charge in [-0.15, -0.1) is 0 Å². The Balaban J connectivity index is 2.38. The summed E-state index contributed by atoms with van der Waals surface area (Å²) in [5.74, 6) is 0.0561. The van der Waals surface area contributed by atoms with Crippen LogP contribution in [0.1, 0.15) is 24.5 Å². The van der Waals surface area contributed by atoms with Crippen molar-refractivity contribution in [3.63, 3.8) is 0 Å². The molecular formula is C16H16N4O5. The second kappa shape index (κ2) is 7.39. The number of nitro benzene ring substituents is 2. The minimum Gasteiger partial charge on any atom is -0.507 e. The number of rotatable bonds is 6. The number of aryl methyl sites for hydroxylation is 1. The van der Waals surface area contributed by atoms with E-state index in [4.69, 9.17) is 0 Å². The van der Waals surface area contributed by atoms with Gasteiger partial charge in [-0.3, -0.25) is 25.7 Å². The molecule has 9 heteroatoms. The second-order valence-corrected chi connectivity index (χ2v) is 5.26. The molecule has 0 fully saturated rings. The third-order valence-corrected chi connectivity index (χ3v) is 3.50. The summed E-state index contributed by atoms with van der Waals surface area (Å²) >= 11 is 0. The number of nitrogens with one attached hydrogen (secondary N) is 1. The summed E-state index contributed by atoms with van der Waals surface area (Å²) in [5.41, 5.74) is 3.63. The van der Waals surface area contributed by atoms with Crippen LogP contribution in [0.5, 0.6) is 5.75 Å². The molecule has 0 radical (unpaired) electrons. The number of nitrogens with zero attached hydrogens (tertiary/aromatic N) is 3. The van der Waals surface area contributed by atoms with E-state index in [0.29, 0.717) is 17.7 Å². The first kappa shape index (κ1) is 17.9. The summed E-state index contributed by atoms with van der Waals surface area (Å²) in [7, 11) is 0. The maximum absolute atomic E-state index is 11.1. The van der Waals surface area contributed by atoms with Gasteiger partial charge in [-0.05, 0) is 37.1 Å². The van der Waals surface area contributed by atoms with Crippen LogP contribution in [0.15, 0.2) is 41.5 Å². The molecular weight excluding hydrogens is 328 g/mol. The molecule has 0 aliphatic rings. The molecule has 0 saturated carbocycles. The van der Waals surface area contributed by atoms with Gasteiger partial charge in [0.25, 0.3) is 5.69 Å². The highest BCUT2D eigenvalue weighted by Crippen LogP contribution is 2.29. The molecule has 0 atom stereocenters. The molecule has 0 aliphatic carbocycles. The third-order valence-electron chi connectivity index (χ3n) is 3.50. The first-order valence-corrected chi connectivity index (χ1v) is 7.39. The number of nitro groups is 2. The van der Waals surface area contributed by atoms with Crippen molar-refractivity contribution in [2.75, 3.05) is 5.43 Å². The molecule has 0 bridgehead atoms. The van der Waals surface area contributed by atoms with Gasteiger partial charge in [0.05, 0.1) is 21.6 Å². The maximum atomic E-state index is 11.1. The summed E-state index contributed by atoms with van der Waals surface area (Å²) < 4.78 is 0. The van der Waals surface area contributed by atoms with Gasteiger partial charge in [0.2, 0.25) is 0 Å². The van der Waals surface area contributed by atoms with Crippen LogP contribution in [0.25, 0.3) is 0 Å². The summed E-state index contributed by atoms with van der Waals surface area (Å²) in [5, 5.41) is 36.0. The predicted molar refractivity (Wildman–Crippen MR) is 93.0 cm³/mol. The minimum absolute atomic E-state index is 0.0214. The van der Waals surface area contributed by atoms with Crippen molar-refractivity contribution in [3.8, 4) is 5.75 Å². The lowest BCUT2D eigenvalue weighted by molar-refractivity contribution is -0.393. The number of phenols is 1. The van der Waals surface area contributed by atoms with E-state index in [1.807, 2.05) is 19.9 Å². The largest absolute Gasteiger partial charge is 0.507 e. The lowest BCUT2D eigenvalue weighted by Crippen LogP contribution is -2.05. The molecule has 2 aromatic carbocycles. The molecule has 0 amide bonds. The number of hydrogen-bond donors (Lipinski definition) is 2. The lowest BCUT2D eigenvalue weighted by atomic mass is 10.1. The quantitative estimate of drug-likeness (QED) is 0.466. The molecule has 130 valence electrons. The van der Waals surface area contributed by atoms with E-state index in [1.54, 1.807) is 12.1 Å². The number of benzene rings is 2. The Morgan fingerprint density at radius 3 is 2.44 bits per heavy atom. The van der Waals surface area contributed by atoms with E-state index >= 15 is 0 Å². The molecule has 2 N–H and O–H groups in total. The maximum Gasteiger partial charge on any atom is 0.301 e. The summed E-state index contributed by atoms with van der Waals surface area (Å²) in [4.78, 5) is 20.5. The molecule has 2 rings (SSSR count). The van der Waals surface area contributed by atoms with Gasteiger partial charge in [-0.25, -0.2) is 0 Å². The normalized spacial score (nSPS) is 11.2. The Kier molecular flexibility index (Phi) is 5.28. The third kappa shape index (κ3) is 4.08. The van der Waals surface area contributed by atoms with E-state index in [-0.39, 0.29) is 17.1 Å². The SMILES string of the molecule is CC/C(=N\Nc1ccc([N+](=O)[O-])cc1[N+](=O)[O-])c1ccc(C)cc1O. The smallest absolute Gasteiger partial charge is 0.301 e. The fourth-order valence-corrected chi connectivity index (χ4v) is 2.22. The zero-order valence-electron chi connectivity index (χ0n) is 13.6. The van der Waals surface area contributed by atoms with Crippen LogP contribution in [0.3, 0.4) is 0 Å². The summed E-state index contributed by atoms with van der Waals surface area (Å²) in [6.07, 6.45) is 0.463. The highest BCUT2D eigenvalue weighted by Gasteiger charge is 2.19. The number of anilines is 1. The van der Waals surface area contributed by atoms with E-state index in [2.05, 4.69) is 10.5 Å². The van der Waals surface area contributed by atoms with E-state index < -0.39 is 15.5 Å². The summed E-state index contributed by atoms with van der Waals surface area (Å²) in [6.45, 7) is 3.66. The van der Waals surface area contributed by atoms with E-state index in [1.165, 1.54) is 6.07 Å². The van der Waals surface area contributed by atoms with Crippen LogP contribution < -0.4 is 5.43 Å². The zero-order valence-corrected chi connectivity index (χ0v) is 13.6. The molecule has 0 saturated heterocycles. The minimum atomic E-state index is -0.722. The van der Waals surface area contributed by atoms with Gasteiger partial charge in [0, 0.05) is 11.6 Å². The molecule has 0 aliphatic heterocycles. The van der Waals surface area contributed by atoms with Gasteiger partial charge in [0.1, 0.15) is 11.4 Å². The molecule has 0 heterocycles. The number of phenolic OH excluding ortho intramolecular Hbond substituents is 1. The van der Waals surface area contributed by atoms with Crippen molar-refractivity contribution in [1.82, 2.24) is 0 Å². The highest BCUT2D eigenvalue weighted by molar-refractivity contribution is 6.03. The molecule has 9 nitrogen and oxygen atoms in total. The molecule has 0 aromatic heterocycles. The van der Waals surface area contributed by atoms with Crippen LogP contribution in [0.2, 0.25) is 0 Å². The Hall–Kier alpha value is -3.49. The van der Waals surface area contributed by atoms with Gasteiger partial charge in [0.15, 0.2) is 0 Å². The Labute approximate surface area is 142 Å². The van der Waals surface area contributed by atoms with Crippen molar-refractivity contribution < 1.29 is 15.0 Å². The van der Waals surface area contributed by atoms with Crippen molar-refractivity contribution in [1.29, 1.82) is 0 Å². The first-order valence-electron chi connectivity index (χ1n) is 7.39. The number of hydrogen-bond acceptors (Lipinski definition) is 7. The van der Waals surface area contributed by atoms with E-state index in [0.717, 1.165) is 17.7 Å². The van der Waals surface area contributed by atoms with Crippen LogP contribution in [0, 0.1) is 27.2 Å². The fraction of sp³-hybridized carbons (Fsp3) is 0.188. The Morgan fingerprint density at radius 1 is 1.16 bits per heavy atom. The lowest BCUT2D eigenvalue weighted by Gasteiger charge is -2.09. The van der Waals surface area contributed by atoms with Crippen LogP contribution in [-0.4, -0.2) is 20.7 Å². The molecule has 0 spiro atoms. The predicted octanol–water partition coefficient (Wildman–Crippen LogP) is 3.74. The van der Waals surface area contributed by atoms with Gasteiger partial charge in [-0.2, -0.15) is 5.10 Å². The van der Waals surface area contributed by atoms with Crippen molar-refractivity contribution in [2.24, 2.45) is 5.10 Å². The standard InChI is InChI=1S/C16H16N4O5/c1-3-13(12-6-4-10(2)8-16(12)21)17-18-14-7-5-11(19(22)23)9-15(14)20(24)25/h4-9,18,21H,3H2,1-2H3/b17-13+. The molecule has 0 unspecified atom stereocenters. The topological polar surface area (TPSA) is 131 Å². The van der Waals surface area contributed by atoms with Crippen molar-refractivity contribution >= 4 is 22.8 Å². The van der Waals surface area contributed by atoms with Crippen molar-refractivity contribution in [3.05, 3.63) is 67.8 Å². The van der Waals surface area contributed by atoms with Crippen LogP contribution in [-0.2, 0) is 0 Å². The second-order valence-electron chi connectivity index (χ2n) is 5.26. The van der Waals surface area contributed by atoms with Crippen molar-refractivity contribution in [2.45, 2.75) is 20.3 Å². The monoisotopic (exact) mass is 344 g/mol. The fourth-order valence-electron chi connectivity index (χ4n) is 2.22. The van der Waals surface area contributed by atoms with Crippen LogP contribution in [0.4, 0.5) is 17.1 Å². The number of non-ortho nitro benzene ring substituents is 1. The first-order chi connectivity index (χ1) is 11.8. The van der Waals surface area contributed by atoms with Gasteiger partial charge < -0.3 is 5.11 Å².